The van der Waals surface area contributed by atoms with Gasteiger partial charge in [-0.05, 0) is 42.7 Å². The van der Waals surface area contributed by atoms with E-state index in [1.807, 2.05) is 35.2 Å². The molecule has 2 aromatic carbocycles. The molecule has 0 saturated carbocycles. The van der Waals surface area contributed by atoms with Crippen molar-refractivity contribution in [2.75, 3.05) is 25.0 Å². The number of nitrogens with one attached hydrogen (secondary N) is 1. The average molecular weight is 423 g/mol. The lowest BCUT2D eigenvalue weighted by atomic mass is 9.99. The van der Waals surface area contributed by atoms with Crippen LogP contribution >= 0.6 is 0 Å². The molecule has 31 heavy (non-hydrogen) atoms. The SMILES string of the molecule is CCCCCCCCCCOc1ccc(NC(=O)N2CCC(c3ccccc3)C2)cc1. The Bertz CT molecular complexity index is 761. The Kier molecular flexibility index (Phi) is 9.75. The summed E-state index contributed by atoms with van der Waals surface area (Å²) in [4.78, 5) is 14.5. The third-order valence-corrected chi connectivity index (χ3v) is 6.12. The van der Waals surface area contributed by atoms with Crippen LogP contribution in [0.25, 0.3) is 0 Å². The monoisotopic (exact) mass is 422 g/mol. The highest BCUT2D eigenvalue weighted by molar-refractivity contribution is 5.89. The molecule has 0 aliphatic carbocycles. The van der Waals surface area contributed by atoms with Gasteiger partial charge in [0.15, 0.2) is 0 Å². The fourth-order valence-electron chi connectivity index (χ4n) is 4.21. The number of unbranched alkanes of at least 4 members (excludes halogenated alkanes) is 7. The van der Waals surface area contributed by atoms with E-state index < -0.39 is 0 Å². The first-order valence-electron chi connectivity index (χ1n) is 12.1. The van der Waals surface area contributed by atoms with Crippen molar-refractivity contribution in [3.63, 3.8) is 0 Å². The number of rotatable bonds is 12. The predicted octanol–water partition coefficient (Wildman–Crippen LogP) is 7.23. The summed E-state index contributed by atoms with van der Waals surface area (Å²) >= 11 is 0. The van der Waals surface area contributed by atoms with Gasteiger partial charge in [-0.1, -0.05) is 82.2 Å². The summed E-state index contributed by atoms with van der Waals surface area (Å²) < 4.78 is 5.85. The highest BCUT2D eigenvalue weighted by Crippen LogP contribution is 2.27. The molecule has 0 radical (unpaired) electrons. The van der Waals surface area contributed by atoms with Gasteiger partial charge >= 0.3 is 6.03 Å². The van der Waals surface area contributed by atoms with Crippen LogP contribution in [0.2, 0.25) is 0 Å². The van der Waals surface area contributed by atoms with Gasteiger partial charge in [0, 0.05) is 24.7 Å². The molecule has 1 heterocycles. The van der Waals surface area contributed by atoms with E-state index in [4.69, 9.17) is 4.74 Å². The second kappa shape index (κ2) is 13.0. The lowest BCUT2D eigenvalue weighted by Crippen LogP contribution is -2.32. The summed E-state index contributed by atoms with van der Waals surface area (Å²) in [7, 11) is 0. The number of hydrogen-bond donors (Lipinski definition) is 1. The van der Waals surface area contributed by atoms with Crippen molar-refractivity contribution in [3.8, 4) is 5.75 Å². The van der Waals surface area contributed by atoms with Crippen molar-refractivity contribution in [1.82, 2.24) is 4.90 Å². The number of ether oxygens (including phenoxy) is 1. The molecule has 1 aliphatic heterocycles. The van der Waals surface area contributed by atoms with Crippen molar-refractivity contribution in [3.05, 3.63) is 60.2 Å². The second-order valence-electron chi connectivity index (χ2n) is 8.62. The Morgan fingerprint density at radius 3 is 2.32 bits per heavy atom. The standard InChI is InChI=1S/C27H38N2O2/c1-2-3-4-5-6-7-8-12-21-31-26-17-15-25(16-18-26)28-27(30)29-20-19-24(22-29)23-13-10-9-11-14-23/h9-11,13-18,24H,2-8,12,19-22H2,1H3,(H,28,30). The van der Waals surface area contributed by atoms with Gasteiger partial charge < -0.3 is 15.0 Å². The van der Waals surface area contributed by atoms with E-state index in [0.717, 1.165) is 44.0 Å². The average Bonchev–Trinajstić information content (AvgIpc) is 3.30. The van der Waals surface area contributed by atoms with E-state index in [1.165, 1.54) is 50.5 Å². The maximum Gasteiger partial charge on any atom is 0.321 e. The number of anilines is 1. The van der Waals surface area contributed by atoms with Crippen molar-refractivity contribution in [2.45, 2.75) is 70.6 Å². The Hall–Kier alpha value is -2.49. The number of amides is 2. The van der Waals surface area contributed by atoms with Gasteiger partial charge in [0.2, 0.25) is 0 Å². The van der Waals surface area contributed by atoms with E-state index >= 15 is 0 Å². The van der Waals surface area contributed by atoms with Crippen LogP contribution in [0.3, 0.4) is 0 Å². The zero-order valence-corrected chi connectivity index (χ0v) is 19.0. The molecule has 1 unspecified atom stereocenters. The van der Waals surface area contributed by atoms with Crippen LogP contribution in [0.4, 0.5) is 10.5 Å². The van der Waals surface area contributed by atoms with E-state index in [-0.39, 0.29) is 6.03 Å². The third-order valence-electron chi connectivity index (χ3n) is 6.12. The highest BCUT2D eigenvalue weighted by Gasteiger charge is 2.27. The maximum absolute atomic E-state index is 12.6. The van der Waals surface area contributed by atoms with Gasteiger partial charge in [0.25, 0.3) is 0 Å². The molecule has 1 saturated heterocycles. The van der Waals surface area contributed by atoms with Crippen LogP contribution in [0, 0.1) is 0 Å². The molecule has 1 N–H and O–H groups in total. The smallest absolute Gasteiger partial charge is 0.321 e. The molecule has 1 aliphatic rings. The molecule has 0 spiro atoms. The predicted molar refractivity (Wildman–Crippen MR) is 129 cm³/mol. The minimum Gasteiger partial charge on any atom is -0.494 e. The number of likely N-dealkylation sites (tertiary alicyclic amines) is 1. The molecule has 4 nitrogen and oxygen atoms in total. The van der Waals surface area contributed by atoms with Crippen LogP contribution in [0.5, 0.6) is 5.75 Å². The van der Waals surface area contributed by atoms with Gasteiger partial charge in [-0.25, -0.2) is 4.79 Å². The van der Waals surface area contributed by atoms with Crippen molar-refractivity contribution >= 4 is 11.7 Å². The van der Waals surface area contributed by atoms with Gasteiger partial charge in [-0.15, -0.1) is 0 Å². The van der Waals surface area contributed by atoms with E-state index in [2.05, 4.69) is 36.5 Å². The molecule has 1 fully saturated rings. The highest BCUT2D eigenvalue weighted by atomic mass is 16.5. The minimum absolute atomic E-state index is 0.0222. The molecule has 168 valence electrons. The molecule has 0 bridgehead atoms. The molecular weight excluding hydrogens is 384 g/mol. The first-order valence-corrected chi connectivity index (χ1v) is 12.1. The van der Waals surface area contributed by atoms with Crippen LogP contribution in [-0.4, -0.2) is 30.6 Å². The molecule has 4 heteroatoms. The number of carbonyl (C=O) groups is 1. The first kappa shape index (κ1) is 23.2. The Labute approximate surface area is 188 Å². The summed E-state index contributed by atoms with van der Waals surface area (Å²) in [5.74, 6) is 1.30. The number of carbonyl (C=O) groups excluding carboxylic acids is 1. The summed E-state index contributed by atoms with van der Waals surface area (Å²) in [6, 6.07) is 18.2. The van der Waals surface area contributed by atoms with E-state index in [1.54, 1.807) is 0 Å². The van der Waals surface area contributed by atoms with Crippen LogP contribution in [0.15, 0.2) is 54.6 Å². The Morgan fingerprint density at radius 2 is 1.61 bits per heavy atom. The first-order chi connectivity index (χ1) is 15.3. The summed E-state index contributed by atoms with van der Waals surface area (Å²) in [6.45, 7) is 4.59. The normalized spacial score (nSPS) is 15.8. The number of urea groups is 1. The van der Waals surface area contributed by atoms with Gasteiger partial charge in [0.05, 0.1) is 6.61 Å². The van der Waals surface area contributed by atoms with Gasteiger partial charge in [-0.2, -0.15) is 0 Å². The quantitative estimate of drug-likeness (QED) is 0.367. The zero-order chi connectivity index (χ0) is 21.7. The molecule has 2 amide bonds. The molecule has 2 aromatic rings. The number of hydrogen-bond acceptors (Lipinski definition) is 2. The fourth-order valence-corrected chi connectivity index (χ4v) is 4.21. The van der Waals surface area contributed by atoms with Crippen molar-refractivity contribution in [1.29, 1.82) is 0 Å². The van der Waals surface area contributed by atoms with Crippen molar-refractivity contribution < 1.29 is 9.53 Å². The minimum atomic E-state index is -0.0222. The molecular formula is C27H38N2O2. The van der Waals surface area contributed by atoms with Crippen molar-refractivity contribution in [2.24, 2.45) is 0 Å². The lowest BCUT2D eigenvalue weighted by molar-refractivity contribution is 0.222. The van der Waals surface area contributed by atoms with Gasteiger partial charge in [-0.3, -0.25) is 0 Å². The summed E-state index contributed by atoms with van der Waals surface area (Å²) in [5.41, 5.74) is 2.13. The summed E-state index contributed by atoms with van der Waals surface area (Å²) in [5, 5.41) is 3.02. The number of nitrogens with zero attached hydrogens (tertiary/aromatic N) is 1. The second-order valence-corrected chi connectivity index (χ2v) is 8.62. The largest absolute Gasteiger partial charge is 0.494 e. The fraction of sp³-hybridized carbons (Fsp3) is 0.519. The lowest BCUT2D eigenvalue weighted by Gasteiger charge is -2.18. The Balaban J connectivity index is 1.32. The molecule has 1 atom stereocenters. The zero-order valence-electron chi connectivity index (χ0n) is 19.0. The number of benzene rings is 2. The Morgan fingerprint density at radius 1 is 0.935 bits per heavy atom. The maximum atomic E-state index is 12.6. The van der Waals surface area contributed by atoms with Gasteiger partial charge in [0.1, 0.15) is 5.75 Å². The summed E-state index contributed by atoms with van der Waals surface area (Å²) in [6.07, 6.45) is 11.4. The third kappa shape index (κ3) is 7.93. The van der Waals surface area contributed by atoms with Crippen LogP contribution in [0.1, 0.15) is 76.2 Å². The topological polar surface area (TPSA) is 41.6 Å². The molecule has 3 rings (SSSR count). The van der Waals surface area contributed by atoms with E-state index in [0.29, 0.717) is 5.92 Å². The van der Waals surface area contributed by atoms with Crippen LogP contribution in [-0.2, 0) is 0 Å². The molecule has 0 aromatic heterocycles. The van der Waals surface area contributed by atoms with E-state index in [9.17, 15) is 4.79 Å². The van der Waals surface area contributed by atoms with Crippen LogP contribution < -0.4 is 10.1 Å².